The summed E-state index contributed by atoms with van der Waals surface area (Å²) in [7, 11) is 0. The van der Waals surface area contributed by atoms with Crippen LogP contribution in [0.3, 0.4) is 0 Å². The molecule has 0 aliphatic heterocycles. The molecule has 0 bridgehead atoms. The van der Waals surface area contributed by atoms with Crippen molar-refractivity contribution in [2.24, 2.45) is 5.92 Å². The Morgan fingerprint density at radius 1 is 1.67 bits per heavy atom. The molecule has 0 aliphatic rings. The van der Waals surface area contributed by atoms with Gasteiger partial charge in [0.2, 0.25) is 0 Å². The summed E-state index contributed by atoms with van der Waals surface area (Å²) in [6, 6.07) is 0. The second kappa shape index (κ2) is 4.30. The minimum Gasteiger partial charge on any atom is -0.300 e. The zero-order chi connectivity index (χ0) is 7.28. The Labute approximate surface area is 56.8 Å². The predicted octanol–water partition coefficient (Wildman–Crippen LogP) is 2.18. The van der Waals surface area contributed by atoms with Gasteiger partial charge in [0.25, 0.3) is 0 Å². The molecule has 0 amide bonds. The summed E-state index contributed by atoms with van der Waals surface area (Å²) in [6.07, 6.45) is 4.87. The van der Waals surface area contributed by atoms with Crippen LogP contribution in [0.25, 0.3) is 0 Å². The number of carbonyl (C=O) groups excluding carboxylic acids is 1. The van der Waals surface area contributed by atoms with Gasteiger partial charge >= 0.3 is 0 Å². The maximum absolute atomic E-state index is 10.6. The van der Waals surface area contributed by atoms with E-state index in [4.69, 9.17) is 0 Å². The highest BCUT2D eigenvalue weighted by Gasteiger charge is 2.02. The first kappa shape index (κ1) is 8.41. The molecule has 0 rings (SSSR count). The number of Topliss-reactive ketones (excluding diaryl/α,β-unsaturated/α-hetero) is 1. The van der Waals surface area contributed by atoms with E-state index in [-0.39, 0.29) is 11.7 Å². The molecule has 1 heteroatoms. The van der Waals surface area contributed by atoms with Crippen LogP contribution < -0.4 is 0 Å². The zero-order valence-corrected chi connectivity index (χ0v) is 6.35. The minimum absolute atomic E-state index is 0.196. The van der Waals surface area contributed by atoms with Crippen LogP contribution in [0, 0.1) is 5.92 Å². The minimum atomic E-state index is 0.196. The van der Waals surface area contributed by atoms with Gasteiger partial charge in [-0.05, 0) is 20.3 Å². The second-order valence-electron chi connectivity index (χ2n) is 2.32. The highest BCUT2D eigenvalue weighted by Crippen LogP contribution is 2.02. The lowest BCUT2D eigenvalue weighted by atomic mass is 10.0. The SMILES string of the molecule is CC=CCC(C)C(C)=O. The zero-order valence-electron chi connectivity index (χ0n) is 6.35. The molecule has 0 aromatic rings. The summed E-state index contributed by atoms with van der Waals surface area (Å²) >= 11 is 0. The molecule has 0 saturated heterocycles. The molecule has 1 nitrogen and oxygen atoms in total. The van der Waals surface area contributed by atoms with Gasteiger partial charge in [-0.15, -0.1) is 0 Å². The molecule has 0 heterocycles. The van der Waals surface area contributed by atoms with Gasteiger partial charge < -0.3 is 0 Å². The topological polar surface area (TPSA) is 17.1 Å². The smallest absolute Gasteiger partial charge is 0.132 e. The van der Waals surface area contributed by atoms with Crippen molar-refractivity contribution in [3.8, 4) is 0 Å². The summed E-state index contributed by atoms with van der Waals surface area (Å²) in [5.74, 6) is 0.467. The van der Waals surface area contributed by atoms with Crippen molar-refractivity contribution in [2.45, 2.75) is 27.2 Å². The number of carbonyl (C=O) groups is 1. The molecule has 1 atom stereocenters. The van der Waals surface area contributed by atoms with Crippen LogP contribution in [0.2, 0.25) is 0 Å². The Morgan fingerprint density at radius 2 is 2.22 bits per heavy atom. The molecule has 0 radical (unpaired) electrons. The largest absolute Gasteiger partial charge is 0.300 e. The Bertz CT molecular complexity index is 114. The molecule has 1 unspecified atom stereocenters. The average Bonchev–Trinajstić information content (AvgIpc) is 1.82. The fourth-order valence-corrected chi connectivity index (χ4v) is 0.506. The molecular weight excluding hydrogens is 112 g/mol. The van der Waals surface area contributed by atoms with Gasteiger partial charge in [0, 0.05) is 5.92 Å². The number of hydrogen-bond acceptors (Lipinski definition) is 1. The molecule has 0 N–H and O–H groups in total. The van der Waals surface area contributed by atoms with Crippen molar-refractivity contribution in [3.05, 3.63) is 12.2 Å². The lowest BCUT2D eigenvalue weighted by Gasteiger charge is -2.00. The van der Waals surface area contributed by atoms with E-state index < -0.39 is 0 Å². The quantitative estimate of drug-likeness (QED) is 0.530. The van der Waals surface area contributed by atoms with Crippen LogP contribution in [0.4, 0.5) is 0 Å². The second-order valence-corrected chi connectivity index (χ2v) is 2.32. The van der Waals surface area contributed by atoms with E-state index in [1.807, 2.05) is 26.0 Å². The lowest BCUT2D eigenvalue weighted by Crippen LogP contribution is -2.03. The molecule has 0 aliphatic carbocycles. The third-order valence-corrected chi connectivity index (χ3v) is 1.42. The fourth-order valence-electron chi connectivity index (χ4n) is 0.506. The highest BCUT2D eigenvalue weighted by molar-refractivity contribution is 5.77. The van der Waals surface area contributed by atoms with E-state index in [1.165, 1.54) is 0 Å². The Morgan fingerprint density at radius 3 is 2.56 bits per heavy atom. The number of hydrogen-bond donors (Lipinski definition) is 0. The number of rotatable bonds is 3. The van der Waals surface area contributed by atoms with Crippen LogP contribution >= 0.6 is 0 Å². The van der Waals surface area contributed by atoms with Crippen molar-refractivity contribution in [1.82, 2.24) is 0 Å². The first-order chi connectivity index (χ1) is 4.18. The van der Waals surface area contributed by atoms with Gasteiger partial charge in [-0.25, -0.2) is 0 Å². The van der Waals surface area contributed by atoms with Gasteiger partial charge in [0.15, 0.2) is 0 Å². The van der Waals surface area contributed by atoms with Crippen LogP contribution in [-0.4, -0.2) is 5.78 Å². The van der Waals surface area contributed by atoms with Crippen molar-refractivity contribution >= 4 is 5.78 Å². The van der Waals surface area contributed by atoms with Crippen molar-refractivity contribution in [1.29, 1.82) is 0 Å². The fraction of sp³-hybridized carbons (Fsp3) is 0.625. The summed E-state index contributed by atoms with van der Waals surface area (Å²) in [4.78, 5) is 10.6. The van der Waals surface area contributed by atoms with Gasteiger partial charge in [-0.3, -0.25) is 4.79 Å². The van der Waals surface area contributed by atoms with E-state index in [9.17, 15) is 4.79 Å². The van der Waals surface area contributed by atoms with Crippen molar-refractivity contribution < 1.29 is 4.79 Å². The van der Waals surface area contributed by atoms with E-state index in [1.54, 1.807) is 6.92 Å². The molecule has 0 fully saturated rings. The molecular formula is C8H14O. The summed E-state index contributed by atoms with van der Waals surface area (Å²) < 4.78 is 0. The van der Waals surface area contributed by atoms with E-state index in [0.29, 0.717) is 0 Å². The molecule has 52 valence electrons. The third kappa shape index (κ3) is 3.95. The van der Waals surface area contributed by atoms with Gasteiger partial charge in [-0.1, -0.05) is 19.1 Å². The van der Waals surface area contributed by atoms with Crippen LogP contribution in [0.15, 0.2) is 12.2 Å². The molecule has 0 aromatic carbocycles. The van der Waals surface area contributed by atoms with Gasteiger partial charge in [0.1, 0.15) is 5.78 Å². The molecule has 0 aromatic heterocycles. The summed E-state index contributed by atoms with van der Waals surface area (Å²) in [6.45, 7) is 5.54. The molecule has 9 heavy (non-hydrogen) atoms. The first-order valence-electron chi connectivity index (χ1n) is 3.30. The normalized spacial score (nSPS) is 14.1. The monoisotopic (exact) mass is 126 g/mol. The van der Waals surface area contributed by atoms with Crippen LogP contribution in [0.5, 0.6) is 0 Å². The summed E-state index contributed by atoms with van der Waals surface area (Å²) in [5.41, 5.74) is 0. The molecule has 0 spiro atoms. The standard InChI is InChI=1S/C8H14O/c1-4-5-6-7(2)8(3)9/h4-5,7H,6H2,1-3H3. The summed E-state index contributed by atoms with van der Waals surface area (Å²) in [5, 5.41) is 0. The van der Waals surface area contributed by atoms with Crippen LogP contribution in [0.1, 0.15) is 27.2 Å². The van der Waals surface area contributed by atoms with Gasteiger partial charge in [0.05, 0.1) is 0 Å². The van der Waals surface area contributed by atoms with E-state index in [2.05, 4.69) is 0 Å². The predicted molar refractivity (Wildman–Crippen MR) is 39.3 cm³/mol. The Hall–Kier alpha value is -0.590. The van der Waals surface area contributed by atoms with E-state index >= 15 is 0 Å². The Kier molecular flexibility index (Phi) is 4.02. The third-order valence-electron chi connectivity index (χ3n) is 1.42. The Balaban J connectivity index is 3.50. The highest BCUT2D eigenvalue weighted by atomic mass is 16.1. The maximum atomic E-state index is 10.6. The average molecular weight is 126 g/mol. The number of ketones is 1. The maximum Gasteiger partial charge on any atom is 0.132 e. The lowest BCUT2D eigenvalue weighted by molar-refractivity contribution is -0.120. The molecule has 0 saturated carbocycles. The first-order valence-corrected chi connectivity index (χ1v) is 3.30. The van der Waals surface area contributed by atoms with Crippen molar-refractivity contribution in [3.63, 3.8) is 0 Å². The van der Waals surface area contributed by atoms with Gasteiger partial charge in [-0.2, -0.15) is 0 Å². The van der Waals surface area contributed by atoms with E-state index in [0.717, 1.165) is 6.42 Å². The van der Waals surface area contributed by atoms with Crippen LogP contribution in [-0.2, 0) is 4.79 Å². The van der Waals surface area contributed by atoms with Crippen molar-refractivity contribution in [2.75, 3.05) is 0 Å². The number of allylic oxidation sites excluding steroid dienone is 2.